The van der Waals surface area contributed by atoms with E-state index in [-0.39, 0.29) is 31.3 Å². The first kappa shape index (κ1) is 19.1. The highest BCUT2D eigenvalue weighted by atomic mass is 32.1. The van der Waals surface area contributed by atoms with Crippen LogP contribution in [0.15, 0.2) is 16.8 Å². The Labute approximate surface area is 139 Å². The van der Waals surface area contributed by atoms with Gasteiger partial charge < -0.3 is 20.5 Å². The lowest BCUT2D eigenvalue weighted by atomic mass is 9.98. The summed E-state index contributed by atoms with van der Waals surface area (Å²) >= 11 is 1.44. The van der Waals surface area contributed by atoms with E-state index in [0.29, 0.717) is 18.5 Å². The van der Waals surface area contributed by atoms with Gasteiger partial charge >= 0.3 is 5.97 Å². The van der Waals surface area contributed by atoms with E-state index in [9.17, 15) is 14.4 Å². The van der Waals surface area contributed by atoms with E-state index in [1.807, 2.05) is 5.38 Å². The molecule has 1 rings (SSSR count). The highest BCUT2D eigenvalue weighted by Crippen LogP contribution is 2.11. The highest BCUT2D eigenvalue weighted by molar-refractivity contribution is 7.08. The van der Waals surface area contributed by atoms with Gasteiger partial charge in [0, 0.05) is 31.0 Å². The molecule has 0 saturated heterocycles. The summed E-state index contributed by atoms with van der Waals surface area (Å²) in [5.41, 5.74) is -0.342. The number of hydrogen-bond acceptors (Lipinski definition) is 5. The number of carboxylic acids is 1. The minimum absolute atomic E-state index is 0.111. The van der Waals surface area contributed by atoms with Crippen LogP contribution >= 0.6 is 11.3 Å². The zero-order valence-corrected chi connectivity index (χ0v) is 14.1. The molecule has 1 atom stereocenters. The molecule has 0 saturated carbocycles. The smallest absolute Gasteiger partial charge is 0.305 e. The lowest BCUT2D eigenvalue weighted by molar-refractivity contribution is -0.139. The van der Waals surface area contributed by atoms with Crippen molar-refractivity contribution in [3.05, 3.63) is 22.4 Å². The molecule has 1 aromatic heterocycles. The third-order valence-electron chi connectivity index (χ3n) is 3.10. The standard InChI is InChI=1S/C15H22N2O5S/c1-15(10-22-2,8-13(19)20)17-12(18)4-3-6-16-14(21)11-5-7-23-9-11/h5,7,9H,3-4,6,8,10H2,1-2H3,(H,16,21)(H,17,18)(H,19,20). The molecule has 0 aromatic carbocycles. The molecule has 0 fully saturated rings. The topological polar surface area (TPSA) is 105 Å². The number of aliphatic carboxylic acids is 1. The number of nitrogens with one attached hydrogen (secondary N) is 2. The molecule has 0 aliphatic heterocycles. The fourth-order valence-corrected chi connectivity index (χ4v) is 2.77. The van der Waals surface area contributed by atoms with Crippen molar-refractivity contribution in [3.8, 4) is 0 Å². The maximum atomic E-state index is 11.9. The maximum absolute atomic E-state index is 11.9. The van der Waals surface area contributed by atoms with Gasteiger partial charge in [0.1, 0.15) is 0 Å². The Morgan fingerprint density at radius 3 is 2.70 bits per heavy atom. The monoisotopic (exact) mass is 342 g/mol. The molecular weight excluding hydrogens is 320 g/mol. The van der Waals surface area contributed by atoms with E-state index >= 15 is 0 Å². The van der Waals surface area contributed by atoms with Crippen LogP contribution in [0.4, 0.5) is 0 Å². The minimum atomic E-state index is -1.01. The number of thiophene rings is 1. The van der Waals surface area contributed by atoms with E-state index in [1.54, 1.807) is 18.4 Å². The van der Waals surface area contributed by atoms with Gasteiger partial charge in [0.15, 0.2) is 0 Å². The second-order valence-corrected chi connectivity index (χ2v) is 6.26. The van der Waals surface area contributed by atoms with Crippen LogP contribution in [0.5, 0.6) is 0 Å². The number of amides is 2. The van der Waals surface area contributed by atoms with Crippen LogP contribution < -0.4 is 10.6 Å². The summed E-state index contributed by atoms with van der Waals surface area (Å²) < 4.78 is 4.97. The molecule has 8 heteroatoms. The van der Waals surface area contributed by atoms with Gasteiger partial charge in [0.25, 0.3) is 5.91 Å². The van der Waals surface area contributed by atoms with E-state index in [2.05, 4.69) is 10.6 Å². The van der Waals surface area contributed by atoms with E-state index in [1.165, 1.54) is 18.4 Å². The zero-order chi connectivity index (χ0) is 17.3. The number of carbonyl (C=O) groups is 3. The maximum Gasteiger partial charge on any atom is 0.305 e. The fraction of sp³-hybridized carbons (Fsp3) is 0.533. The predicted molar refractivity (Wildman–Crippen MR) is 86.6 cm³/mol. The average molecular weight is 342 g/mol. The normalized spacial score (nSPS) is 13.1. The second-order valence-electron chi connectivity index (χ2n) is 5.48. The third kappa shape index (κ3) is 7.25. The van der Waals surface area contributed by atoms with Gasteiger partial charge in [-0.15, -0.1) is 0 Å². The molecule has 0 bridgehead atoms. The molecule has 2 amide bonds. The van der Waals surface area contributed by atoms with Crippen molar-refractivity contribution in [3.63, 3.8) is 0 Å². The Kier molecular flexibility index (Phi) is 7.70. The van der Waals surface area contributed by atoms with Crippen LogP contribution in [0.25, 0.3) is 0 Å². The van der Waals surface area contributed by atoms with Crippen molar-refractivity contribution in [1.82, 2.24) is 10.6 Å². The number of ether oxygens (including phenoxy) is 1. The first-order valence-electron chi connectivity index (χ1n) is 7.18. The lowest BCUT2D eigenvalue weighted by Crippen LogP contribution is -2.50. The molecule has 1 heterocycles. The number of carboxylic acid groups (broad SMARTS) is 1. The number of hydrogen-bond donors (Lipinski definition) is 3. The summed E-state index contributed by atoms with van der Waals surface area (Å²) in [5.74, 6) is -1.44. The van der Waals surface area contributed by atoms with Crippen molar-refractivity contribution >= 4 is 29.1 Å². The Hall–Kier alpha value is -1.93. The van der Waals surface area contributed by atoms with Crippen molar-refractivity contribution in [2.24, 2.45) is 0 Å². The fourth-order valence-electron chi connectivity index (χ4n) is 2.13. The van der Waals surface area contributed by atoms with Crippen molar-refractivity contribution in [2.45, 2.75) is 31.7 Å². The Morgan fingerprint density at radius 1 is 1.39 bits per heavy atom. The van der Waals surface area contributed by atoms with Gasteiger partial charge in [0.2, 0.25) is 5.91 Å². The number of rotatable bonds is 10. The van der Waals surface area contributed by atoms with E-state index < -0.39 is 11.5 Å². The Morgan fingerprint density at radius 2 is 2.13 bits per heavy atom. The molecule has 0 aliphatic carbocycles. The summed E-state index contributed by atoms with van der Waals surface area (Å²) in [6.07, 6.45) is 0.447. The second kappa shape index (κ2) is 9.26. The summed E-state index contributed by atoms with van der Waals surface area (Å²) in [6, 6.07) is 1.73. The quantitative estimate of drug-likeness (QED) is 0.555. The summed E-state index contributed by atoms with van der Waals surface area (Å²) in [7, 11) is 1.45. The van der Waals surface area contributed by atoms with Gasteiger partial charge in [-0.05, 0) is 24.8 Å². The summed E-state index contributed by atoms with van der Waals surface area (Å²) in [5, 5.41) is 17.9. The van der Waals surface area contributed by atoms with Crippen LogP contribution in [-0.4, -0.2) is 48.7 Å². The van der Waals surface area contributed by atoms with Gasteiger partial charge in [-0.2, -0.15) is 11.3 Å². The third-order valence-corrected chi connectivity index (χ3v) is 3.78. The largest absolute Gasteiger partial charge is 0.481 e. The molecule has 0 radical (unpaired) electrons. The first-order valence-corrected chi connectivity index (χ1v) is 8.13. The number of methoxy groups -OCH3 is 1. The van der Waals surface area contributed by atoms with Crippen LogP contribution in [0, 0.1) is 0 Å². The first-order chi connectivity index (χ1) is 10.9. The van der Waals surface area contributed by atoms with Crippen LogP contribution in [0.2, 0.25) is 0 Å². The Bertz CT molecular complexity index is 532. The summed E-state index contributed by atoms with van der Waals surface area (Å²) in [6.45, 7) is 2.11. The zero-order valence-electron chi connectivity index (χ0n) is 13.3. The molecular formula is C15H22N2O5S. The highest BCUT2D eigenvalue weighted by Gasteiger charge is 2.29. The van der Waals surface area contributed by atoms with E-state index in [0.717, 1.165) is 0 Å². The van der Waals surface area contributed by atoms with Crippen LogP contribution in [0.1, 0.15) is 36.5 Å². The van der Waals surface area contributed by atoms with Gasteiger partial charge in [0.05, 0.1) is 18.6 Å². The predicted octanol–water partition coefficient (Wildman–Crippen LogP) is 1.25. The van der Waals surface area contributed by atoms with Crippen molar-refractivity contribution < 1.29 is 24.2 Å². The molecule has 23 heavy (non-hydrogen) atoms. The lowest BCUT2D eigenvalue weighted by Gasteiger charge is -2.28. The Balaban J connectivity index is 2.32. The van der Waals surface area contributed by atoms with Crippen LogP contribution in [0.3, 0.4) is 0 Å². The molecule has 7 nitrogen and oxygen atoms in total. The molecule has 128 valence electrons. The molecule has 1 unspecified atom stereocenters. The summed E-state index contributed by atoms with van der Waals surface area (Å²) in [4.78, 5) is 34.5. The minimum Gasteiger partial charge on any atom is -0.481 e. The van der Waals surface area contributed by atoms with Crippen molar-refractivity contribution in [1.29, 1.82) is 0 Å². The van der Waals surface area contributed by atoms with Gasteiger partial charge in [-0.1, -0.05) is 0 Å². The van der Waals surface area contributed by atoms with Crippen LogP contribution in [-0.2, 0) is 14.3 Å². The molecule has 3 N–H and O–H groups in total. The average Bonchev–Trinajstić information content (AvgIpc) is 2.96. The molecule has 0 spiro atoms. The van der Waals surface area contributed by atoms with Gasteiger partial charge in [-0.3, -0.25) is 14.4 Å². The number of carbonyl (C=O) groups excluding carboxylic acids is 2. The molecule has 1 aromatic rings. The molecule has 0 aliphatic rings. The van der Waals surface area contributed by atoms with Gasteiger partial charge in [-0.25, -0.2) is 0 Å². The van der Waals surface area contributed by atoms with Crippen molar-refractivity contribution in [2.75, 3.05) is 20.3 Å². The van der Waals surface area contributed by atoms with E-state index in [4.69, 9.17) is 9.84 Å². The SMILES string of the molecule is COCC(C)(CC(=O)O)NC(=O)CCCNC(=O)c1ccsc1.